The van der Waals surface area contributed by atoms with Gasteiger partial charge in [-0.15, -0.1) is 0 Å². The van der Waals surface area contributed by atoms with Crippen LogP contribution >= 0.6 is 0 Å². The van der Waals surface area contributed by atoms with Gasteiger partial charge in [-0.25, -0.2) is 0 Å². The van der Waals surface area contributed by atoms with Gasteiger partial charge in [0.15, 0.2) is 0 Å². The maximum atomic E-state index is 8.75. The molecule has 4 heteroatoms. The highest BCUT2D eigenvalue weighted by Crippen LogP contribution is 2.35. The molecule has 0 amide bonds. The summed E-state index contributed by atoms with van der Waals surface area (Å²) in [5.41, 5.74) is 1.08. The second-order valence-corrected chi connectivity index (χ2v) is 4.83. The van der Waals surface area contributed by atoms with E-state index < -0.39 is 0 Å². The summed E-state index contributed by atoms with van der Waals surface area (Å²) >= 11 is 0. The normalized spacial score (nSPS) is 15.9. The maximum Gasteiger partial charge on any atom is 0.142 e. The van der Waals surface area contributed by atoms with Gasteiger partial charge in [0.25, 0.3) is 0 Å². The average Bonchev–Trinajstić information content (AvgIpc) is 2.47. The molecule has 0 aliphatic carbocycles. The molecule has 1 heterocycles. The minimum Gasteiger partial charge on any atom is -0.497 e. The van der Waals surface area contributed by atoms with E-state index in [2.05, 4.69) is 11.0 Å². The van der Waals surface area contributed by atoms with Crippen molar-refractivity contribution in [1.29, 1.82) is 5.26 Å². The lowest BCUT2D eigenvalue weighted by molar-refractivity contribution is 0.390. The van der Waals surface area contributed by atoms with Gasteiger partial charge in [0.05, 0.1) is 26.0 Å². The maximum absolute atomic E-state index is 8.75. The van der Waals surface area contributed by atoms with Crippen LogP contribution in [0.2, 0.25) is 0 Å². The predicted molar refractivity (Wildman–Crippen MR) is 74.7 cm³/mol. The van der Waals surface area contributed by atoms with Crippen LogP contribution < -0.4 is 14.4 Å². The highest BCUT2D eigenvalue weighted by Gasteiger charge is 2.21. The van der Waals surface area contributed by atoms with Gasteiger partial charge in [0, 0.05) is 25.6 Å². The van der Waals surface area contributed by atoms with Crippen molar-refractivity contribution in [1.82, 2.24) is 0 Å². The quantitative estimate of drug-likeness (QED) is 0.835. The molecule has 1 aromatic carbocycles. The van der Waals surface area contributed by atoms with Crippen LogP contribution in [0.25, 0.3) is 0 Å². The first-order chi connectivity index (χ1) is 9.28. The summed E-state index contributed by atoms with van der Waals surface area (Å²) in [6, 6.07) is 8.13. The number of methoxy groups -OCH3 is 2. The third kappa shape index (κ3) is 3.11. The first-order valence-corrected chi connectivity index (χ1v) is 6.62. The number of benzene rings is 1. The molecular formula is C15H20N2O2. The Morgan fingerprint density at radius 3 is 2.58 bits per heavy atom. The molecule has 0 saturated carbocycles. The van der Waals surface area contributed by atoms with Crippen molar-refractivity contribution >= 4 is 5.69 Å². The number of nitrogens with zero attached hydrogens (tertiary/aromatic N) is 2. The molecule has 2 rings (SSSR count). The molecule has 1 saturated heterocycles. The molecule has 4 nitrogen and oxygen atoms in total. The van der Waals surface area contributed by atoms with E-state index in [1.54, 1.807) is 14.2 Å². The number of hydrogen-bond donors (Lipinski definition) is 0. The van der Waals surface area contributed by atoms with Crippen LogP contribution in [0.1, 0.15) is 19.3 Å². The zero-order valence-electron chi connectivity index (χ0n) is 11.6. The topological polar surface area (TPSA) is 45.5 Å². The van der Waals surface area contributed by atoms with Gasteiger partial charge in [0.2, 0.25) is 0 Å². The number of anilines is 1. The smallest absolute Gasteiger partial charge is 0.142 e. The molecule has 0 bridgehead atoms. The second kappa shape index (κ2) is 6.33. The summed E-state index contributed by atoms with van der Waals surface area (Å²) in [5, 5.41) is 8.75. The van der Waals surface area contributed by atoms with Crippen molar-refractivity contribution in [2.45, 2.75) is 19.3 Å². The minimum absolute atomic E-state index is 0.540. The predicted octanol–water partition coefficient (Wildman–Crippen LogP) is 2.83. The molecule has 1 aromatic rings. The standard InChI is InChI=1S/C15H20N2O2/c1-18-13-3-4-15(19-2)14(11-13)17-9-6-12(5-8-16)7-10-17/h3-4,11-12H,5-7,9-10H2,1-2H3. The summed E-state index contributed by atoms with van der Waals surface area (Å²) < 4.78 is 10.7. The molecule has 102 valence electrons. The Kier molecular flexibility index (Phi) is 4.51. The number of hydrogen-bond acceptors (Lipinski definition) is 4. The van der Waals surface area contributed by atoms with Gasteiger partial charge in [0.1, 0.15) is 11.5 Å². The number of ether oxygens (including phenoxy) is 2. The molecule has 1 fully saturated rings. The van der Waals surface area contributed by atoms with Gasteiger partial charge in [-0.1, -0.05) is 0 Å². The molecule has 1 aliphatic heterocycles. The molecule has 0 aromatic heterocycles. The van der Waals surface area contributed by atoms with E-state index in [1.807, 2.05) is 18.2 Å². The van der Waals surface area contributed by atoms with Gasteiger partial charge in [-0.05, 0) is 30.9 Å². The molecular weight excluding hydrogens is 240 g/mol. The van der Waals surface area contributed by atoms with E-state index in [-0.39, 0.29) is 0 Å². The fourth-order valence-electron chi connectivity index (χ4n) is 2.55. The van der Waals surface area contributed by atoms with Crippen LogP contribution in [0.3, 0.4) is 0 Å². The molecule has 0 N–H and O–H groups in total. The SMILES string of the molecule is COc1ccc(OC)c(N2CCC(CC#N)CC2)c1. The Morgan fingerprint density at radius 1 is 1.26 bits per heavy atom. The van der Waals surface area contributed by atoms with Crippen molar-refractivity contribution in [3.63, 3.8) is 0 Å². The van der Waals surface area contributed by atoms with Crippen molar-refractivity contribution in [3.8, 4) is 17.6 Å². The number of nitriles is 1. The van der Waals surface area contributed by atoms with Crippen LogP contribution in [-0.2, 0) is 0 Å². The van der Waals surface area contributed by atoms with Crippen LogP contribution in [0.15, 0.2) is 18.2 Å². The average molecular weight is 260 g/mol. The Bertz CT molecular complexity index is 460. The van der Waals surface area contributed by atoms with Gasteiger partial charge in [-0.2, -0.15) is 5.26 Å². The summed E-state index contributed by atoms with van der Waals surface area (Å²) in [5.74, 6) is 2.26. The van der Waals surface area contributed by atoms with Crippen molar-refractivity contribution in [2.24, 2.45) is 5.92 Å². The van der Waals surface area contributed by atoms with Crippen LogP contribution in [0.4, 0.5) is 5.69 Å². The van der Waals surface area contributed by atoms with E-state index in [9.17, 15) is 0 Å². The molecule has 0 unspecified atom stereocenters. The third-order valence-electron chi connectivity index (χ3n) is 3.72. The van der Waals surface area contributed by atoms with E-state index in [0.717, 1.165) is 43.1 Å². The summed E-state index contributed by atoms with van der Waals surface area (Å²) in [6.45, 7) is 1.94. The number of rotatable bonds is 4. The highest BCUT2D eigenvalue weighted by atomic mass is 16.5. The minimum atomic E-state index is 0.540. The summed E-state index contributed by atoms with van der Waals surface area (Å²) in [6.07, 6.45) is 2.80. The first kappa shape index (κ1) is 13.5. The lowest BCUT2D eigenvalue weighted by Gasteiger charge is -2.33. The lowest BCUT2D eigenvalue weighted by atomic mass is 9.94. The van der Waals surface area contributed by atoms with E-state index >= 15 is 0 Å². The van der Waals surface area contributed by atoms with Crippen molar-refractivity contribution in [3.05, 3.63) is 18.2 Å². The first-order valence-electron chi connectivity index (χ1n) is 6.62. The molecule has 19 heavy (non-hydrogen) atoms. The van der Waals surface area contributed by atoms with Crippen molar-refractivity contribution < 1.29 is 9.47 Å². The Balaban J connectivity index is 2.12. The largest absolute Gasteiger partial charge is 0.497 e. The molecule has 0 spiro atoms. The molecule has 0 radical (unpaired) electrons. The zero-order chi connectivity index (χ0) is 13.7. The fourth-order valence-corrected chi connectivity index (χ4v) is 2.55. The van der Waals surface area contributed by atoms with Crippen LogP contribution in [0, 0.1) is 17.2 Å². The van der Waals surface area contributed by atoms with Crippen molar-refractivity contribution in [2.75, 3.05) is 32.2 Å². The van der Waals surface area contributed by atoms with E-state index in [0.29, 0.717) is 12.3 Å². The fraction of sp³-hybridized carbons (Fsp3) is 0.533. The summed E-state index contributed by atoms with van der Waals surface area (Å²) in [4.78, 5) is 2.31. The Morgan fingerprint density at radius 2 is 2.00 bits per heavy atom. The van der Waals surface area contributed by atoms with Gasteiger partial charge in [-0.3, -0.25) is 0 Å². The zero-order valence-corrected chi connectivity index (χ0v) is 11.6. The second-order valence-electron chi connectivity index (χ2n) is 4.83. The third-order valence-corrected chi connectivity index (χ3v) is 3.72. The van der Waals surface area contributed by atoms with Gasteiger partial charge >= 0.3 is 0 Å². The summed E-state index contributed by atoms with van der Waals surface area (Å²) in [7, 11) is 3.36. The lowest BCUT2D eigenvalue weighted by Crippen LogP contribution is -2.33. The highest BCUT2D eigenvalue weighted by molar-refractivity contribution is 5.61. The number of piperidine rings is 1. The van der Waals surface area contributed by atoms with E-state index in [4.69, 9.17) is 14.7 Å². The van der Waals surface area contributed by atoms with Gasteiger partial charge < -0.3 is 14.4 Å². The van der Waals surface area contributed by atoms with Crippen LogP contribution in [-0.4, -0.2) is 27.3 Å². The Labute approximate surface area is 114 Å². The molecule has 1 aliphatic rings. The monoisotopic (exact) mass is 260 g/mol. The van der Waals surface area contributed by atoms with E-state index in [1.165, 1.54) is 0 Å². The van der Waals surface area contributed by atoms with Crippen LogP contribution in [0.5, 0.6) is 11.5 Å². The molecule has 0 atom stereocenters. The Hall–Kier alpha value is -1.89.